The van der Waals surface area contributed by atoms with Crippen LogP contribution in [0.15, 0.2) is 22.7 Å². The molecule has 0 bridgehead atoms. The predicted octanol–water partition coefficient (Wildman–Crippen LogP) is 1.12. The fourth-order valence-corrected chi connectivity index (χ4v) is 1.39. The maximum atomic E-state index is 13.1. The van der Waals surface area contributed by atoms with E-state index >= 15 is 0 Å². The minimum Gasteiger partial charge on any atom is -0.294 e. The van der Waals surface area contributed by atoms with Gasteiger partial charge in [0.05, 0.1) is 6.42 Å². The molecule has 0 atom stereocenters. The summed E-state index contributed by atoms with van der Waals surface area (Å²) in [5, 5.41) is 0. The number of rotatable bonds is 2. The van der Waals surface area contributed by atoms with Crippen LogP contribution in [0.2, 0.25) is 0 Å². The van der Waals surface area contributed by atoms with Gasteiger partial charge in [-0.2, -0.15) is 0 Å². The van der Waals surface area contributed by atoms with Gasteiger partial charge in [0.1, 0.15) is 5.82 Å². The van der Waals surface area contributed by atoms with Crippen LogP contribution in [0.5, 0.6) is 0 Å². The molecule has 0 aromatic heterocycles. The molecule has 0 heterocycles. The van der Waals surface area contributed by atoms with Crippen LogP contribution in [0.3, 0.4) is 0 Å². The topological polar surface area (TPSA) is 55.1 Å². The molecular formula is C8H8BrFN2O. The van der Waals surface area contributed by atoms with Gasteiger partial charge in [0.25, 0.3) is 0 Å². The van der Waals surface area contributed by atoms with Crippen LogP contribution in [-0.2, 0) is 11.2 Å². The standard InChI is InChI=1S/C8H8BrFN2O/c9-6-2-1-3-7(10)5(6)4-8(13)12-11/h1-3H,4,11H2,(H,12,13). The van der Waals surface area contributed by atoms with E-state index in [2.05, 4.69) is 15.9 Å². The summed E-state index contributed by atoms with van der Waals surface area (Å²) in [6.07, 6.45) is -0.0657. The van der Waals surface area contributed by atoms with E-state index in [0.717, 1.165) is 0 Å². The number of benzene rings is 1. The van der Waals surface area contributed by atoms with Gasteiger partial charge in [0, 0.05) is 10.0 Å². The van der Waals surface area contributed by atoms with Crippen LogP contribution >= 0.6 is 15.9 Å². The van der Waals surface area contributed by atoms with Crippen molar-refractivity contribution in [2.45, 2.75) is 6.42 Å². The van der Waals surface area contributed by atoms with Crippen molar-refractivity contribution in [3.05, 3.63) is 34.1 Å². The molecule has 0 spiro atoms. The largest absolute Gasteiger partial charge is 0.294 e. The Kier molecular flexibility index (Phi) is 3.39. The number of halogens is 2. The zero-order valence-corrected chi connectivity index (χ0v) is 8.27. The predicted molar refractivity (Wildman–Crippen MR) is 50.1 cm³/mol. The van der Waals surface area contributed by atoms with Crippen LogP contribution in [-0.4, -0.2) is 5.91 Å². The first-order valence-electron chi connectivity index (χ1n) is 3.57. The summed E-state index contributed by atoms with van der Waals surface area (Å²) < 4.78 is 13.7. The Bertz CT molecular complexity index is 310. The minimum absolute atomic E-state index is 0.0657. The van der Waals surface area contributed by atoms with E-state index in [-0.39, 0.29) is 6.42 Å². The lowest BCUT2D eigenvalue weighted by atomic mass is 10.1. The van der Waals surface area contributed by atoms with Gasteiger partial charge in [-0.15, -0.1) is 0 Å². The molecule has 1 aromatic carbocycles. The number of hydrogen-bond acceptors (Lipinski definition) is 2. The maximum Gasteiger partial charge on any atom is 0.238 e. The van der Waals surface area contributed by atoms with E-state index in [1.165, 1.54) is 6.07 Å². The van der Waals surface area contributed by atoms with Crippen LogP contribution in [0.1, 0.15) is 5.56 Å². The third-order valence-corrected chi connectivity index (χ3v) is 2.30. The van der Waals surface area contributed by atoms with Crippen molar-refractivity contribution in [3.8, 4) is 0 Å². The number of hydrazine groups is 1. The highest BCUT2D eigenvalue weighted by molar-refractivity contribution is 9.10. The summed E-state index contributed by atoms with van der Waals surface area (Å²) in [6, 6.07) is 4.52. The van der Waals surface area contributed by atoms with Crippen molar-refractivity contribution in [2.75, 3.05) is 0 Å². The number of carbonyl (C=O) groups excluding carboxylic acids is 1. The lowest BCUT2D eigenvalue weighted by Gasteiger charge is -2.04. The molecule has 0 fully saturated rings. The highest BCUT2D eigenvalue weighted by Gasteiger charge is 2.09. The Labute approximate surface area is 83.2 Å². The summed E-state index contributed by atoms with van der Waals surface area (Å²) >= 11 is 3.14. The fourth-order valence-electron chi connectivity index (χ4n) is 0.913. The average Bonchev–Trinajstić information content (AvgIpc) is 2.11. The van der Waals surface area contributed by atoms with Gasteiger partial charge in [0.15, 0.2) is 0 Å². The second kappa shape index (κ2) is 4.34. The molecule has 1 aromatic rings. The minimum atomic E-state index is -0.425. The first kappa shape index (κ1) is 10.1. The van der Waals surface area contributed by atoms with E-state index in [4.69, 9.17) is 5.84 Å². The zero-order valence-electron chi connectivity index (χ0n) is 6.68. The summed E-state index contributed by atoms with van der Waals surface area (Å²) in [7, 11) is 0. The molecule has 3 N–H and O–H groups in total. The Balaban J connectivity index is 2.93. The van der Waals surface area contributed by atoms with E-state index < -0.39 is 11.7 Å². The molecule has 0 saturated carbocycles. The molecule has 0 aliphatic rings. The first-order valence-corrected chi connectivity index (χ1v) is 4.36. The van der Waals surface area contributed by atoms with Gasteiger partial charge in [-0.3, -0.25) is 10.2 Å². The zero-order chi connectivity index (χ0) is 9.84. The average molecular weight is 247 g/mol. The number of carbonyl (C=O) groups is 1. The Morgan fingerprint density at radius 2 is 2.31 bits per heavy atom. The fraction of sp³-hybridized carbons (Fsp3) is 0.125. The van der Waals surface area contributed by atoms with Gasteiger partial charge in [0.2, 0.25) is 5.91 Å². The van der Waals surface area contributed by atoms with Gasteiger partial charge in [-0.25, -0.2) is 10.2 Å². The highest BCUT2D eigenvalue weighted by atomic mass is 79.9. The molecule has 0 aliphatic heterocycles. The van der Waals surface area contributed by atoms with Crippen LogP contribution in [0.25, 0.3) is 0 Å². The van der Waals surface area contributed by atoms with Gasteiger partial charge < -0.3 is 0 Å². The molecular weight excluding hydrogens is 239 g/mol. The summed E-state index contributed by atoms with van der Waals surface area (Å²) in [6.45, 7) is 0. The molecule has 1 rings (SSSR count). The third kappa shape index (κ3) is 2.50. The second-order valence-corrected chi connectivity index (χ2v) is 3.30. The third-order valence-electron chi connectivity index (χ3n) is 1.56. The molecule has 70 valence electrons. The first-order chi connectivity index (χ1) is 6.15. The van der Waals surface area contributed by atoms with E-state index in [1.807, 2.05) is 5.43 Å². The van der Waals surface area contributed by atoms with Crippen LogP contribution in [0, 0.1) is 5.82 Å². The maximum absolute atomic E-state index is 13.1. The van der Waals surface area contributed by atoms with Gasteiger partial charge >= 0.3 is 0 Å². The van der Waals surface area contributed by atoms with Crippen molar-refractivity contribution >= 4 is 21.8 Å². The molecule has 0 unspecified atom stereocenters. The SMILES string of the molecule is NNC(=O)Cc1c(F)cccc1Br. The van der Waals surface area contributed by atoms with Crippen LogP contribution < -0.4 is 11.3 Å². The molecule has 13 heavy (non-hydrogen) atoms. The summed E-state index contributed by atoms with van der Waals surface area (Å²) in [4.78, 5) is 10.9. The van der Waals surface area contributed by atoms with Crippen molar-refractivity contribution in [1.82, 2.24) is 5.43 Å². The molecule has 3 nitrogen and oxygen atoms in total. The Morgan fingerprint density at radius 3 is 2.85 bits per heavy atom. The van der Waals surface area contributed by atoms with E-state index in [9.17, 15) is 9.18 Å². The Morgan fingerprint density at radius 1 is 1.62 bits per heavy atom. The number of hydrogen-bond donors (Lipinski definition) is 2. The van der Waals surface area contributed by atoms with Gasteiger partial charge in [-0.05, 0) is 12.1 Å². The normalized spacial score (nSPS) is 9.77. The molecule has 0 radical (unpaired) electrons. The molecule has 1 amide bonds. The summed E-state index contributed by atoms with van der Waals surface area (Å²) in [5.41, 5.74) is 2.25. The quantitative estimate of drug-likeness (QED) is 0.467. The molecule has 0 aliphatic carbocycles. The van der Waals surface area contributed by atoms with Crippen molar-refractivity contribution < 1.29 is 9.18 Å². The molecule has 0 saturated heterocycles. The van der Waals surface area contributed by atoms with Crippen molar-refractivity contribution in [3.63, 3.8) is 0 Å². The molecule has 5 heteroatoms. The van der Waals surface area contributed by atoms with E-state index in [1.54, 1.807) is 12.1 Å². The van der Waals surface area contributed by atoms with Crippen molar-refractivity contribution in [1.29, 1.82) is 0 Å². The number of amides is 1. The number of nitrogens with one attached hydrogen (secondary N) is 1. The van der Waals surface area contributed by atoms with Gasteiger partial charge in [-0.1, -0.05) is 22.0 Å². The van der Waals surface area contributed by atoms with E-state index in [0.29, 0.717) is 10.0 Å². The lowest BCUT2D eigenvalue weighted by molar-refractivity contribution is -0.120. The van der Waals surface area contributed by atoms with Crippen LogP contribution in [0.4, 0.5) is 4.39 Å². The monoisotopic (exact) mass is 246 g/mol. The lowest BCUT2D eigenvalue weighted by Crippen LogP contribution is -2.31. The Hall–Kier alpha value is -0.940. The summed E-state index contributed by atoms with van der Waals surface area (Å²) in [5.74, 6) is 4.04. The highest BCUT2D eigenvalue weighted by Crippen LogP contribution is 2.19. The second-order valence-electron chi connectivity index (χ2n) is 2.44. The smallest absolute Gasteiger partial charge is 0.238 e. The number of nitrogens with two attached hydrogens (primary N) is 1. The van der Waals surface area contributed by atoms with Crippen molar-refractivity contribution in [2.24, 2.45) is 5.84 Å².